The van der Waals surface area contributed by atoms with Crippen LogP contribution in [-0.4, -0.2) is 0 Å². The van der Waals surface area contributed by atoms with Crippen molar-refractivity contribution in [1.29, 1.82) is 0 Å². The second kappa shape index (κ2) is 5.61. The highest BCUT2D eigenvalue weighted by molar-refractivity contribution is 5.40. The fourth-order valence-corrected chi connectivity index (χ4v) is 2.10. The van der Waals surface area contributed by atoms with Crippen LogP contribution in [0.2, 0.25) is 0 Å². The van der Waals surface area contributed by atoms with Gasteiger partial charge in [-0.25, -0.2) is 0 Å². The maximum Gasteiger partial charge on any atom is 0.0454 e. The summed E-state index contributed by atoms with van der Waals surface area (Å²) >= 11 is 0. The third-order valence-electron chi connectivity index (χ3n) is 2.94. The van der Waals surface area contributed by atoms with Gasteiger partial charge in [0.2, 0.25) is 0 Å². The van der Waals surface area contributed by atoms with E-state index in [1.807, 2.05) is 0 Å². The van der Waals surface area contributed by atoms with Gasteiger partial charge < -0.3 is 0 Å². The highest BCUT2D eigenvalue weighted by Gasteiger charge is 2.12. The minimum atomic E-state index is 0.297. The molecule has 0 saturated heterocycles. The smallest absolute Gasteiger partial charge is 0.0454 e. The highest BCUT2D eigenvalue weighted by atomic mass is 14.2. The van der Waals surface area contributed by atoms with Gasteiger partial charge in [0.25, 0.3) is 0 Å². The number of rotatable bonds is 4. The molecule has 0 N–H and O–H groups in total. The average Bonchev–Trinajstić information content (AvgIpc) is 2.22. The third kappa shape index (κ3) is 2.86. The lowest BCUT2D eigenvalue weighted by atomic mass is 9.88. The summed E-state index contributed by atoms with van der Waals surface area (Å²) in [6.07, 6.45) is 9.17. The van der Waals surface area contributed by atoms with Crippen LogP contribution in [0.5, 0.6) is 0 Å². The Morgan fingerprint density at radius 2 is 1.87 bits per heavy atom. The molecule has 0 saturated carbocycles. The average molecular weight is 200 g/mol. The van der Waals surface area contributed by atoms with Gasteiger partial charge in [0.05, 0.1) is 0 Å². The van der Waals surface area contributed by atoms with Crippen molar-refractivity contribution in [3.05, 3.63) is 34.9 Å². The molecule has 0 aliphatic carbocycles. The first kappa shape index (κ1) is 11.9. The molecule has 0 amide bonds. The molecule has 0 aliphatic rings. The standard InChI is InChI=1S/C15H20/c1-5-7-11-14(6-2)15-12(3)9-8-10-13(15)4/h2,8-10,14H,5,7,11H2,1,3-4H3. The van der Waals surface area contributed by atoms with Crippen molar-refractivity contribution >= 4 is 0 Å². The van der Waals surface area contributed by atoms with E-state index >= 15 is 0 Å². The van der Waals surface area contributed by atoms with Crippen LogP contribution < -0.4 is 0 Å². The van der Waals surface area contributed by atoms with Gasteiger partial charge in [-0.05, 0) is 37.0 Å². The Labute approximate surface area is 93.7 Å². The summed E-state index contributed by atoms with van der Waals surface area (Å²) in [6.45, 7) is 6.51. The normalized spacial score (nSPS) is 12.1. The topological polar surface area (TPSA) is 0 Å². The van der Waals surface area contributed by atoms with E-state index in [1.54, 1.807) is 0 Å². The van der Waals surface area contributed by atoms with E-state index in [2.05, 4.69) is 44.9 Å². The maximum atomic E-state index is 5.63. The number of hydrogen-bond acceptors (Lipinski definition) is 0. The Kier molecular flexibility index (Phi) is 4.43. The van der Waals surface area contributed by atoms with Crippen LogP contribution in [0.4, 0.5) is 0 Å². The fourth-order valence-electron chi connectivity index (χ4n) is 2.10. The van der Waals surface area contributed by atoms with Gasteiger partial charge in [-0.15, -0.1) is 6.42 Å². The molecule has 1 rings (SSSR count). The van der Waals surface area contributed by atoms with Gasteiger partial charge in [0.1, 0.15) is 0 Å². The minimum absolute atomic E-state index is 0.297. The first-order valence-electron chi connectivity index (χ1n) is 5.73. The summed E-state index contributed by atoms with van der Waals surface area (Å²) < 4.78 is 0. The lowest BCUT2D eigenvalue weighted by Crippen LogP contribution is -2.01. The number of aryl methyl sites for hydroxylation is 2. The van der Waals surface area contributed by atoms with Crippen LogP contribution in [0.25, 0.3) is 0 Å². The van der Waals surface area contributed by atoms with Crippen LogP contribution in [0.1, 0.15) is 48.8 Å². The van der Waals surface area contributed by atoms with Crippen molar-refractivity contribution < 1.29 is 0 Å². The molecule has 1 unspecified atom stereocenters. The van der Waals surface area contributed by atoms with Gasteiger partial charge in [0, 0.05) is 5.92 Å². The molecule has 0 radical (unpaired) electrons. The molecule has 0 nitrogen and oxygen atoms in total. The quantitative estimate of drug-likeness (QED) is 0.639. The molecule has 1 aromatic carbocycles. The molecule has 0 heteroatoms. The lowest BCUT2D eigenvalue weighted by Gasteiger charge is -2.16. The molecule has 15 heavy (non-hydrogen) atoms. The summed E-state index contributed by atoms with van der Waals surface area (Å²) in [4.78, 5) is 0. The molecule has 0 aromatic heterocycles. The number of terminal acetylenes is 1. The predicted molar refractivity (Wildman–Crippen MR) is 67.0 cm³/mol. The van der Waals surface area contributed by atoms with Crippen molar-refractivity contribution in [2.45, 2.75) is 46.0 Å². The molecular weight excluding hydrogens is 180 g/mol. The largest absolute Gasteiger partial charge is 0.119 e. The van der Waals surface area contributed by atoms with Crippen LogP contribution in [-0.2, 0) is 0 Å². The summed E-state index contributed by atoms with van der Waals surface area (Å²) in [5.74, 6) is 3.23. The predicted octanol–water partition coefficient (Wildman–Crippen LogP) is 4.21. The number of hydrogen-bond donors (Lipinski definition) is 0. The van der Waals surface area contributed by atoms with Gasteiger partial charge in [0.15, 0.2) is 0 Å². The van der Waals surface area contributed by atoms with E-state index in [0.29, 0.717) is 5.92 Å². The van der Waals surface area contributed by atoms with E-state index in [0.717, 1.165) is 6.42 Å². The Balaban J connectivity index is 2.97. The lowest BCUT2D eigenvalue weighted by molar-refractivity contribution is 0.671. The molecule has 0 spiro atoms. The summed E-state index contributed by atoms with van der Waals surface area (Å²) in [6, 6.07) is 6.40. The zero-order chi connectivity index (χ0) is 11.3. The zero-order valence-corrected chi connectivity index (χ0v) is 10.0. The molecule has 80 valence electrons. The molecule has 0 fully saturated rings. The van der Waals surface area contributed by atoms with E-state index in [4.69, 9.17) is 6.42 Å². The highest BCUT2D eigenvalue weighted by Crippen LogP contribution is 2.27. The van der Waals surface area contributed by atoms with Gasteiger partial charge in [-0.1, -0.05) is 43.9 Å². The summed E-state index contributed by atoms with van der Waals surface area (Å²) in [7, 11) is 0. The van der Waals surface area contributed by atoms with Crippen molar-refractivity contribution in [1.82, 2.24) is 0 Å². The Hall–Kier alpha value is -1.22. The van der Waals surface area contributed by atoms with Crippen molar-refractivity contribution in [3.8, 4) is 12.3 Å². The SMILES string of the molecule is C#CC(CCCC)c1c(C)cccc1C. The van der Waals surface area contributed by atoms with Gasteiger partial charge in [-0.2, -0.15) is 0 Å². The Bertz CT molecular complexity index is 335. The van der Waals surface area contributed by atoms with E-state index < -0.39 is 0 Å². The van der Waals surface area contributed by atoms with Crippen LogP contribution in [0.15, 0.2) is 18.2 Å². The second-order valence-corrected chi connectivity index (χ2v) is 4.17. The third-order valence-corrected chi connectivity index (χ3v) is 2.94. The summed E-state index contributed by atoms with van der Waals surface area (Å²) in [5, 5.41) is 0. The minimum Gasteiger partial charge on any atom is -0.119 e. The van der Waals surface area contributed by atoms with Crippen molar-refractivity contribution in [3.63, 3.8) is 0 Å². The maximum absolute atomic E-state index is 5.63. The Morgan fingerprint density at radius 1 is 1.27 bits per heavy atom. The second-order valence-electron chi connectivity index (χ2n) is 4.17. The number of benzene rings is 1. The van der Waals surface area contributed by atoms with E-state index in [9.17, 15) is 0 Å². The molecule has 1 aromatic rings. The fraction of sp³-hybridized carbons (Fsp3) is 0.467. The van der Waals surface area contributed by atoms with Crippen LogP contribution in [0, 0.1) is 26.2 Å². The monoisotopic (exact) mass is 200 g/mol. The van der Waals surface area contributed by atoms with Crippen molar-refractivity contribution in [2.75, 3.05) is 0 Å². The molecular formula is C15H20. The molecule has 0 heterocycles. The summed E-state index contributed by atoms with van der Waals surface area (Å²) in [5.41, 5.74) is 4.02. The molecule has 0 bridgehead atoms. The molecule has 0 aliphatic heterocycles. The first-order valence-corrected chi connectivity index (χ1v) is 5.73. The zero-order valence-electron chi connectivity index (χ0n) is 10.0. The van der Waals surface area contributed by atoms with E-state index in [1.165, 1.54) is 29.5 Å². The molecule has 1 atom stereocenters. The number of unbranched alkanes of at least 4 members (excludes halogenated alkanes) is 1. The van der Waals surface area contributed by atoms with Crippen LogP contribution >= 0.6 is 0 Å². The Morgan fingerprint density at radius 3 is 2.33 bits per heavy atom. The van der Waals surface area contributed by atoms with Gasteiger partial charge in [-0.3, -0.25) is 0 Å². The van der Waals surface area contributed by atoms with Gasteiger partial charge >= 0.3 is 0 Å². The van der Waals surface area contributed by atoms with E-state index in [-0.39, 0.29) is 0 Å². The van der Waals surface area contributed by atoms with Crippen LogP contribution in [0.3, 0.4) is 0 Å². The van der Waals surface area contributed by atoms with Crippen molar-refractivity contribution in [2.24, 2.45) is 0 Å². The first-order chi connectivity index (χ1) is 7.20.